The molecule has 16 aromatic rings. The second-order valence-electron chi connectivity index (χ2n) is 18.9. The third kappa shape index (κ3) is 5.81. The van der Waals surface area contributed by atoms with Crippen molar-refractivity contribution in [1.29, 1.82) is 0 Å². The van der Waals surface area contributed by atoms with Crippen LogP contribution in [-0.4, -0.2) is 9.13 Å². The third-order valence-electron chi connectivity index (χ3n) is 14.8. The maximum atomic E-state index is 7.67. The van der Waals surface area contributed by atoms with Gasteiger partial charge in [-0.25, -0.2) is 0 Å². The van der Waals surface area contributed by atoms with Crippen molar-refractivity contribution < 1.29 is 13.3 Å². The summed E-state index contributed by atoms with van der Waals surface area (Å²) in [6.07, 6.45) is 0. The van der Waals surface area contributed by atoms with Crippen LogP contribution in [0.25, 0.3) is 121 Å². The Morgan fingerprint density at radius 3 is 1.33 bits per heavy atom. The molecule has 0 fully saturated rings. The first-order chi connectivity index (χ1) is 36.2. The molecule has 0 saturated carbocycles. The maximum Gasteiger partial charge on any atom is 0.145 e. The fraction of sp³-hybridized carbons (Fsp3) is 0. The molecule has 16 rings (SSSR count). The summed E-state index contributed by atoms with van der Waals surface area (Å²) in [4.78, 5) is 2.39. The quantitative estimate of drug-likeness (QED) is 0.172. The first-order valence-electron chi connectivity index (χ1n) is 24.7. The van der Waals surface area contributed by atoms with Gasteiger partial charge in [0.2, 0.25) is 0 Å². The van der Waals surface area contributed by atoms with E-state index in [2.05, 4.69) is 232 Å². The van der Waals surface area contributed by atoms with E-state index in [9.17, 15) is 0 Å². The number of nitrogens with one attached hydrogen (secondary N) is 1. The summed E-state index contributed by atoms with van der Waals surface area (Å²) in [6, 6.07) is 83.6. The second kappa shape index (κ2) is 15.3. The standard InChI is InChI=1S/C66H40N4O3/c1-4-18-40(19-5-1)67-53-38-51-52-39-56(68(41-20-6-2-7-21-41)42-22-8-3-9-23-42)64-62(48-27-11-15-29-55(48)70(64)44-33-35-60-50(37-44)46-25-13-17-31-58(46)72-60)66(52)73-65(51)61-47-26-10-14-28-54(47)69(63(53)61)43-32-34-59-49(36-43)45-24-12-16-30-57(45)71-59/h1-39,67H. The molecule has 5 heterocycles. The highest BCUT2D eigenvalue weighted by atomic mass is 16.3. The summed E-state index contributed by atoms with van der Waals surface area (Å²) in [7, 11) is 0. The van der Waals surface area contributed by atoms with E-state index in [0.717, 1.165) is 149 Å². The Hall–Kier alpha value is -9.98. The molecule has 0 aliphatic heterocycles. The number of anilines is 5. The van der Waals surface area contributed by atoms with Gasteiger partial charge in [0.05, 0.1) is 44.2 Å². The highest BCUT2D eigenvalue weighted by Gasteiger charge is 2.29. The molecule has 0 spiro atoms. The van der Waals surface area contributed by atoms with E-state index >= 15 is 0 Å². The van der Waals surface area contributed by atoms with Crippen LogP contribution in [0.4, 0.5) is 28.4 Å². The van der Waals surface area contributed by atoms with Crippen LogP contribution >= 0.6 is 0 Å². The zero-order valence-electron chi connectivity index (χ0n) is 39.1. The molecule has 7 heteroatoms. The predicted octanol–water partition coefficient (Wildman–Crippen LogP) is 18.8. The van der Waals surface area contributed by atoms with Crippen molar-refractivity contribution >= 4 is 138 Å². The van der Waals surface area contributed by atoms with Gasteiger partial charge in [0, 0.05) is 71.5 Å². The second-order valence-corrected chi connectivity index (χ2v) is 18.9. The van der Waals surface area contributed by atoms with E-state index < -0.39 is 0 Å². The Morgan fingerprint density at radius 1 is 0.329 bits per heavy atom. The van der Waals surface area contributed by atoms with Crippen LogP contribution in [0.3, 0.4) is 0 Å². The number of fused-ring (bicyclic) bond motifs is 17. The summed E-state index contributed by atoms with van der Waals surface area (Å²) >= 11 is 0. The zero-order chi connectivity index (χ0) is 47.7. The summed E-state index contributed by atoms with van der Waals surface area (Å²) in [5.74, 6) is 0. The number of hydrogen-bond acceptors (Lipinski definition) is 5. The minimum atomic E-state index is 0.820. The number of rotatable bonds is 7. The summed E-state index contributed by atoms with van der Waals surface area (Å²) < 4.78 is 25.2. The summed E-state index contributed by atoms with van der Waals surface area (Å²) in [6.45, 7) is 0. The molecule has 0 atom stereocenters. The van der Waals surface area contributed by atoms with Crippen molar-refractivity contribution in [3.8, 4) is 11.4 Å². The maximum absolute atomic E-state index is 7.67. The van der Waals surface area contributed by atoms with Crippen LogP contribution < -0.4 is 10.2 Å². The minimum Gasteiger partial charge on any atom is -0.456 e. The van der Waals surface area contributed by atoms with Gasteiger partial charge in [-0.2, -0.15) is 0 Å². The topological polar surface area (TPSA) is 64.6 Å². The Bertz CT molecular complexity index is 4850. The molecule has 0 bridgehead atoms. The first-order valence-corrected chi connectivity index (χ1v) is 24.7. The molecule has 73 heavy (non-hydrogen) atoms. The van der Waals surface area contributed by atoms with Gasteiger partial charge < -0.3 is 32.6 Å². The van der Waals surface area contributed by atoms with Crippen LogP contribution in [0.1, 0.15) is 0 Å². The minimum absolute atomic E-state index is 0.820. The SMILES string of the molecule is c1ccc(Nc2cc3c4cc(N(c5ccccc5)c5ccccc5)c5c(c6ccccc6n5-c5ccc6oc7ccccc7c6c5)c4oc3c3c4ccccc4n(-c4ccc5oc6ccccc6c5c4)c23)cc1. The molecule has 1 N–H and O–H groups in total. The highest BCUT2D eigenvalue weighted by molar-refractivity contribution is 6.33. The lowest BCUT2D eigenvalue weighted by atomic mass is 10.0. The van der Waals surface area contributed by atoms with E-state index in [1.54, 1.807) is 0 Å². The lowest BCUT2D eigenvalue weighted by molar-refractivity contribution is 0.668. The largest absolute Gasteiger partial charge is 0.456 e. The van der Waals surface area contributed by atoms with Crippen LogP contribution in [0.15, 0.2) is 250 Å². The molecule has 7 nitrogen and oxygen atoms in total. The molecular weight excluding hydrogens is 897 g/mol. The van der Waals surface area contributed by atoms with Crippen molar-refractivity contribution in [2.24, 2.45) is 0 Å². The molecule has 0 saturated heterocycles. The Balaban J connectivity index is 1.08. The van der Waals surface area contributed by atoms with Gasteiger partial charge in [0.25, 0.3) is 0 Å². The van der Waals surface area contributed by atoms with E-state index in [1.165, 1.54) is 0 Å². The van der Waals surface area contributed by atoms with E-state index in [-0.39, 0.29) is 0 Å². The van der Waals surface area contributed by atoms with Crippen molar-refractivity contribution in [3.63, 3.8) is 0 Å². The van der Waals surface area contributed by atoms with Crippen molar-refractivity contribution in [2.75, 3.05) is 10.2 Å². The number of nitrogens with zero attached hydrogens (tertiary/aromatic N) is 3. The van der Waals surface area contributed by atoms with Crippen LogP contribution in [0.5, 0.6) is 0 Å². The average molecular weight is 937 g/mol. The normalized spacial score (nSPS) is 12.1. The average Bonchev–Trinajstić information content (AvgIpc) is 4.27. The number of para-hydroxylation sites is 7. The van der Waals surface area contributed by atoms with Gasteiger partial charge in [-0.1, -0.05) is 127 Å². The fourth-order valence-corrected chi connectivity index (χ4v) is 11.7. The lowest BCUT2D eigenvalue weighted by Crippen LogP contribution is -2.11. The Labute approximate surface area is 416 Å². The third-order valence-corrected chi connectivity index (χ3v) is 14.8. The van der Waals surface area contributed by atoms with Crippen molar-refractivity contribution in [2.45, 2.75) is 0 Å². The van der Waals surface area contributed by atoms with Gasteiger partial charge in [-0.15, -0.1) is 0 Å². The van der Waals surface area contributed by atoms with Crippen molar-refractivity contribution in [1.82, 2.24) is 9.13 Å². The lowest BCUT2D eigenvalue weighted by Gasteiger charge is -2.27. The van der Waals surface area contributed by atoms with E-state index in [4.69, 9.17) is 13.3 Å². The van der Waals surface area contributed by atoms with Crippen LogP contribution in [0, 0.1) is 0 Å². The summed E-state index contributed by atoms with van der Waals surface area (Å²) in [5.41, 5.74) is 16.3. The van der Waals surface area contributed by atoms with E-state index in [0.29, 0.717) is 0 Å². The van der Waals surface area contributed by atoms with Gasteiger partial charge in [-0.3, -0.25) is 0 Å². The Kier molecular flexibility index (Phi) is 8.32. The number of hydrogen-bond donors (Lipinski definition) is 1. The molecule has 0 aliphatic carbocycles. The molecule has 0 aliphatic rings. The summed E-state index contributed by atoms with van der Waals surface area (Å²) in [5, 5.41) is 14.5. The van der Waals surface area contributed by atoms with Crippen LogP contribution in [0.2, 0.25) is 0 Å². The van der Waals surface area contributed by atoms with Crippen LogP contribution in [-0.2, 0) is 0 Å². The van der Waals surface area contributed by atoms with Gasteiger partial charge >= 0.3 is 0 Å². The Morgan fingerprint density at radius 2 is 0.767 bits per heavy atom. The number of benzene rings is 11. The first kappa shape index (κ1) is 39.8. The highest BCUT2D eigenvalue weighted by Crippen LogP contribution is 2.52. The van der Waals surface area contributed by atoms with Gasteiger partial charge in [0.1, 0.15) is 33.5 Å². The smallest absolute Gasteiger partial charge is 0.145 e. The number of furan rings is 3. The van der Waals surface area contributed by atoms with Crippen molar-refractivity contribution in [3.05, 3.63) is 237 Å². The molecular formula is C66H40N4O3. The molecule has 0 amide bonds. The fourth-order valence-electron chi connectivity index (χ4n) is 11.7. The number of aromatic nitrogens is 2. The molecule has 0 radical (unpaired) electrons. The zero-order valence-corrected chi connectivity index (χ0v) is 39.1. The predicted molar refractivity (Wildman–Crippen MR) is 301 cm³/mol. The molecule has 0 unspecified atom stereocenters. The van der Waals surface area contributed by atoms with Gasteiger partial charge in [-0.05, 0) is 109 Å². The molecule has 5 aromatic heterocycles. The van der Waals surface area contributed by atoms with E-state index in [1.807, 2.05) is 24.3 Å². The van der Waals surface area contributed by atoms with Gasteiger partial charge in [0.15, 0.2) is 0 Å². The monoisotopic (exact) mass is 936 g/mol. The molecule has 11 aromatic carbocycles. The molecule has 342 valence electrons.